The summed E-state index contributed by atoms with van der Waals surface area (Å²) in [6.07, 6.45) is 5.87. The lowest BCUT2D eigenvalue weighted by molar-refractivity contribution is 0.715. The molecule has 2 heteroatoms. The molecule has 0 fully saturated rings. The average molecular weight is 152 g/mol. The van der Waals surface area contributed by atoms with Crippen molar-refractivity contribution in [3.05, 3.63) is 0 Å². The lowest BCUT2D eigenvalue weighted by Gasteiger charge is -1.98. The van der Waals surface area contributed by atoms with Gasteiger partial charge in [-0.25, -0.2) is 0 Å². The summed E-state index contributed by atoms with van der Waals surface area (Å²) in [6.45, 7) is 4.17. The molecule has 0 spiro atoms. The molecule has 62 valence electrons. The van der Waals surface area contributed by atoms with Crippen LogP contribution in [0.2, 0.25) is 0 Å². The third kappa shape index (κ3) is 5.60. The summed E-state index contributed by atoms with van der Waals surface area (Å²) in [4.78, 5) is 4.14. The van der Waals surface area contributed by atoms with Gasteiger partial charge in [0, 0.05) is 6.21 Å². The molecule has 0 N–H and O–H groups in total. The Morgan fingerprint density at radius 2 is 2.18 bits per heavy atom. The van der Waals surface area contributed by atoms with Gasteiger partial charge in [-0.1, -0.05) is 26.7 Å². The fourth-order valence-electron chi connectivity index (χ4n) is 0.777. The third-order valence-electron chi connectivity index (χ3n) is 1.41. The van der Waals surface area contributed by atoms with E-state index >= 15 is 0 Å². The first kappa shape index (κ1) is 10.2. The largest absolute Gasteiger partial charge is 0.279 e. The molecule has 0 aromatic carbocycles. The summed E-state index contributed by atoms with van der Waals surface area (Å²) >= 11 is 0. The molecule has 0 aromatic heterocycles. The van der Waals surface area contributed by atoms with Gasteiger partial charge in [0.2, 0.25) is 0 Å². The second kappa shape index (κ2) is 7.27. The molecular weight excluding hydrogens is 136 g/mol. The number of aliphatic imine (C=N–C) groups is 1. The number of nitrogens with zero attached hydrogens (tertiary/aromatic N) is 2. The first-order valence-electron chi connectivity index (χ1n) is 4.26. The first-order valence-corrected chi connectivity index (χ1v) is 4.26. The van der Waals surface area contributed by atoms with E-state index in [9.17, 15) is 0 Å². The lowest BCUT2D eigenvalue weighted by atomic mass is 10.2. The minimum absolute atomic E-state index is 0.105. The molecule has 0 rings (SSSR count). The van der Waals surface area contributed by atoms with E-state index in [-0.39, 0.29) is 6.04 Å². The summed E-state index contributed by atoms with van der Waals surface area (Å²) in [5.41, 5.74) is 0. The summed E-state index contributed by atoms with van der Waals surface area (Å²) in [5.74, 6) is 0. The molecule has 0 amide bonds. The summed E-state index contributed by atoms with van der Waals surface area (Å²) in [6, 6.07) is 2.06. The summed E-state index contributed by atoms with van der Waals surface area (Å²) in [7, 11) is 0. The monoisotopic (exact) mass is 152 g/mol. The maximum Gasteiger partial charge on any atom is 0.136 e. The van der Waals surface area contributed by atoms with Crippen LogP contribution in [0.4, 0.5) is 0 Å². The van der Waals surface area contributed by atoms with E-state index in [0.717, 1.165) is 25.7 Å². The average Bonchev–Trinajstić information content (AvgIpc) is 2.03. The quantitative estimate of drug-likeness (QED) is 0.558. The van der Waals surface area contributed by atoms with Crippen molar-refractivity contribution >= 4 is 6.21 Å². The molecule has 0 bridgehead atoms. The lowest BCUT2D eigenvalue weighted by Crippen LogP contribution is -1.99. The van der Waals surface area contributed by atoms with Gasteiger partial charge in [-0.2, -0.15) is 5.26 Å². The smallest absolute Gasteiger partial charge is 0.136 e. The van der Waals surface area contributed by atoms with Crippen LogP contribution in [0.25, 0.3) is 0 Å². The zero-order valence-corrected chi connectivity index (χ0v) is 7.38. The highest BCUT2D eigenvalue weighted by atomic mass is 14.8. The molecule has 0 aliphatic heterocycles. The summed E-state index contributed by atoms with van der Waals surface area (Å²) in [5, 5.41) is 8.59. The molecule has 0 saturated carbocycles. The van der Waals surface area contributed by atoms with E-state index in [4.69, 9.17) is 5.26 Å². The van der Waals surface area contributed by atoms with Crippen LogP contribution in [0.3, 0.4) is 0 Å². The Morgan fingerprint density at radius 1 is 1.45 bits per heavy atom. The highest BCUT2D eigenvalue weighted by molar-refractivity contribution is 5.57. The summed E-state index contributed by atoms with van der Waals surface area (Å²) < 4.78 is 0. The fraction of sp³-hybridized carbons (Fsp3) is 0.778. The normalized spacial score (nSPS) is 13.2. The highest BCUT2D eigenvalue weighted by Crippen LogP contribution is 1.99. The van der Waals surface area contributed by atoms with Gasteiger partial charge in [0.1, 0.15) is 6.04 Å². The van der Waals surface area contributed by atoms with Crippen LogP contribution >= 0.6 is 0 Å². The van der Waals surface area contributed by atoms with Gasteiger partial charge in [-0.3, -0.25) is 4.99 Å². The number of unbranched alkanes of at least 4 members (excludes halogenated alkanes) is 1. The Balaban J connectivity index is 3.60. The van der Waals surface area contributed by atoms with Crippen molar-refractivity contribution in [3.63, 3.8) is 0 Å². The van der Waals surface area contributed by atoms with Gasteiger partial charge in [-0.05, 0) is 12.8 Å². The number of hydrogen-bond donors (Lipinski definition) is 0. The Labute approximate surface area is 68.9 Å². The van der Waals surface area contributed by atoms with Crippen LogP contribution in [0.5, 0.6) is 0 Å². The zero-order chi connectivity index (χ0) is 8.53. The number of hydrogen-bond acceptors (Lipinski definition) is 2. The first-order chi connectivity index (χ1) is 5.35. The Bertz CT molecular complexity index is 144. The van der Waals surface area contributed by atoms with E-state index in [0.29, 0.717) is 0 Å². The molecule has 1 atom stereocenters. The maximum atomic E-state index is 8.59. The van der Waals surface area contributed by atoms with Gasteiger partial charge in [0.25, 0.3) is 0 Å². The topological polar surface area (TPSA) is 36.1 Å². The van der Waals surface area contributed by atoms with Crippen LogP contribution in [-0.4, -0.2) is 12.3 Å². The van der Waals surface area contributed by atoms with Crippen molar-refractivity contribution in [1.29, 1.82) is 5.26 Å². The van der Waals surface area contributed by atoms with Crippen molar-refractivity contribution in [2.75, 3.05) is 0 Å². The SMILES string of the molecule is CCCC=NC(C#N)CCC. The molecule has 0 aromatic rings. The van der Waals surface area contributed by atoms with Crippen LogP contribution < -0.4 is 0 Å². The molecular formula is C9H16N2. The van der Waals surface area contributed by atoms with E-state index in [2.05, 4.69) is 24.9 Å². The minimum atomic E-state index is -0.105. The molecule has 0 aliphatic carbocycles. The van der Waals surface area contributed by atoms with Crippen molar-refractivity contribution in [3.8, 4) is 6.07 Å². The predicted molar refractivity (Wildman–Crippen MR) is 47.7 cm³/mol. The van der Waals surface area contributed by atoms with Gasteiger partial charge in [0.05, 0.1) is 6.07 Å². The third-order valence-corrected chi connectivity index (χ3v) is 1.41. The van der Waals surface area contributed by atoms with Crippen LogP contribution in [0, 0.1) is 11.3 Å². The second-order valence-corrected chi connectivity index (χ2v) is 2.55. The van der Waals surface area contributed by atoms with E-state index < -0.39 is 0 Å². The van der Waals surface area contributed by atoms with Crippen LogP contribution in [0.1, 0.15) is 39.5 Å². The van der Waals surface area contributed by atoms with Crippen molar-refractivity contribution in [1.82, 2.24) is 0 Å². The number of rotatable bonds is 5. The highest BCUT2D eigenvalue weighted by Gasteiger charge is 1.99. The fourth-order valence-corrected chi connectivity index (χ4v) is 0.777. The van der Waals surface area contributed by atoms with E-state index in [1.54, 1.807) is 0 Å². The standard InChI is InChI=1S/C9H16N2/c1-3-5-7-11-9(8-10)6-4-2/h7,9H,3-6H2,1-2H3. The molecule has 11 heavy (non-hydrogen) atoms. The molecule has 1 unspecified atom stereocenters. The van der Waals surface area contributed by atoms with Gasteiger partial charge in [0.15, 0.2) is 0 Å². The van der Waals surface area contributed by atoms with Crippen molar-refractivity contribution in [2.45, 2.75) is 45.6 Å². The molecule has 0 radical (unpaired) electrons. The Hall–Kier alpha value is -0.840. The van der Waals surface area contributed by atoms with Crippen LogP contribution in [-0.2, 0) is 0 Å². The maximum absolute atomic E-state index is 8.59. The zero-order valence-electron chi connectivity index (χ0n) is 7.38. The molecule has 0 aliphatic rings. The Kier molecular flexibility index (Phi) is 6.71. The number of nitriles is 1. The molecule has 0 saturated heterocycles. The Morgan fingerprint density at radius 3 is 2.64 bits per heavy atom. The van der Waals surface area contributed by atoms with Crippen LogP contribution in [0.15, 0.2) is 4.99 Å². The van der Waals surface area contributed by atoms with Crippen molar-refractivity contribution in [2.24, 2.45) is 4.99 Å². The van der Waals surface area contributed by atoms with Gasteiger partial charge in [-0.15, -0.1) is 0 Å². The van der Waals surface area contributed by atoms with E-state index in [1.165, 1.54) is 0 Å². The van der Waals surface area contributed by atoms with E-state index in [1.807, 2.05) is 6.21 Å². The van der Waals surface area contributed by atoms with Crippen molar-refractivity contribution < 1.29 is 0 Å². The second-order valence-electron chi connectivity index (χ2n) is 2.55. The predicted octanol–water partition coefficient (Wildman–Crippen LogP) is 2.55. The van der Waals surface area contributed by atoms with Gasteiger partial charge < -0.3 is 0 Å². The molecule has 2 nitrogen and oxygen atoms in total. The molecule has 0 heterocycles. The minimum Gasteiger partial charge on any atom is -0.279 e. The van der Waals surface area contributed by atoms with Gasteiger partial charge >= 0.3 is 0 Å².